The second-order valence-electron chi connectivity index (χ2n) is 4.91. The van der Waals surface area contributed by atoms with Crippen molar-refractivity contribution in [2.45, 2.75) is 59.7 Å². The molecule has 2 rings (SSSR count). The van der Waals surface area contributed by atoms with Crippen molar-refractivity contribution < 1.29 is 23.8 Å². The van der Waals surface area contributed by atoms with Gasteiger partial charge in [-0.05, 0) is 26.7 Å². The summed E-state index contributed by atoms with van der Waals surface area (Å²) < 4.78 is 15.3. The third-order valence-electron chi connectivity index (χ3n) is 3.34. The maximum Gasteiger partial charge on any atom is 0.325 e. The number of esters is 1. The van der Waals surface area contributed by atoms with E-state index in [0.717, 1.165) is 26.1 Å². The number of likely N-dealkylation sites (tertiary alicyclic amines) is 1. The van der Waals surface area contributed by atoms with Crippen LogP contribution in [0.1, 0.15) is 53.9 Å². The van der Waals surface area contributed by atoms with Gasteiger partial charge in [-0.2, -0.15) is 0 Å². The molecule has 0 radical (unpaired) electrons. The summed E-state index contributed by atoms with van der Waals surface area (Å²) in [5.41, 5.74) is 0. The Morgan fingerprint density at radius 1 is 1.27 bits per heavy atom. The van der Waals surface area contributed by atoms with Crippen LogP contribution in [0.15, 0.2) is 0 Å². The second kappa shape index (κ2) is 11.4. The van der Waals surface area contributed by atoms with Crippen LogP contribution < -0.4 is 0 Å². The molecule has 0 unspecified atom stereocenters. The van der Waals surface area contributed by atoms with Gasteiger partial charge in [0, 0.05) is 13.0 Å². The molecule has 0 atom stereocenters. The molecule has 2 heterocycles. The van der Waals surface area contributed by atoms with Gasteiger partial charge in [-0.1, -0.05) is 20.8 Å². The molecular formula is C16H31NO5. The van der Waals surface area contributed by atoms with Crippen LogP contribution >= 0.6 is 0 Å². The fourth-order valence-electron chi connectivity index (χ4n) is 1.99. The Morgan fingerprint density at radius 2 is 1.86 bits per heavy atom. The van der Waals surface area contributed by atoms with Gasteiger partial charge in [0.1, 0.15) is 6.54 Å². The summed E-state index contributed by atoms with van der Waals surface area (Å²) in [4.78, 5) is 23.5. The van der Waals surface area contributed by atoms with Gasteiger partial charge < -0.3 is 19.1 Å². The predicted octanol–water partition coefficient (Wildman–Crippen LogP) is 2.36. The van der Waals surface area contributed by atoms with Gasteiger partial charge in [-0.3, -0.25) is 9.59 Å². The van der Waals surface area contributed by atoms with E-state index in [2.05, 4.69) is 6.92 Å². The highest BCUT2D eigenvalue weighted by molar-refractivity contribution is 5.83. The largest absolute Gasteiger partial charge is 0.465 e. The molecular weight excluding hydrogens is 286 g/mol. The van der Waals surface area contributed by atoms with Crippen LogP contribution in [0.3, 0.4) is 0 Å². The topological polar surface area (TPSA) is 65.1 Å². The first-order chi connectivity index (χ1) is 10.5. The number of ether oxygens (including phenoxy) is 3. The van der Waals surface area contributed by atoms with Crippen molar-refractivity contribution in [3.8, 4) is 0 Å². The maximum atomic E-state index is 11.0. The van der Waals surface area contributed by atoms with Crippen molar-refractivity contribution in [3.05, 3.63) is 0 Å². The fraction of sp³-hybridized carbons (Fsp3) is 0.875. The van der Waals surface area contributed by atoms with Crippen LogP contribution in [0, 0.1) is 0 Å². The zero-order valence-corrected chi connectivity index (χ0v) is 14.6. The molecule has 2 aliphatic rings. The monoisotopic (exact) mass is 317 g/mol. The Kier molecular flexibility index (Phi) is 10.8. The molecule has 1 amide bonds. The maximum absolute atomic E-state index is 11.0. The first kappa shape index (κ1) is 20.9. The Hall–Kier alpha value is -1.14. The Morgan fingerprint density at radius 3 is 2.23 bits per heavy atom. The standard InChI is InChI=1S/C8H13NO3.C6H12O2.C2H6/c1-2-12-8(11)6-9-5-3-4-7(9)10;1-3-6(2)7-4-5-8-6;1-2/h2-6H2,1H3;3-5H2,1-2H3;1-2H3. The Balaban J connectivity index is 0.000000382. The van der Waals surface area contributed by atoms with Crippen molar-refractivity contribution in [2.24, 2.45) is 0 Å². The zero-order chi connectivity index (χ0) is 17.0. The summed E-state index contributed by atoms with van der Waals surface area (Å²) in [6, 6.07) is 0. The molecule has 6 heteroatoms. The van der Waals surface area contributed by atoms with Crippen LogP contribution in [0.5, 0.6) is 0 Å². The van der Waals surface area contributed by atoms with Crippen LogP contribution in [0.4, 0.5) is 0 Å². The van der Waals surface area contributed by atoms with Crippen LogP contribution in [-0.2, 0) is 23.8 Å². The highest BCUT2D eigenvalue weighted by Gasteiger charge is 2.27. The highest BCUT2D eigenvalue weighted by Crippen LogP contribution is 2.21. The van der Waals surface area contributed by atoms with E-state index in [0.29, 0.717) is 19.6 Å². The Labute approximate surface area is 134 Å². The van der Waals surface area contributed by atoms with Crippen molar-refractivity contribution in [3.63, 3.8) is 0 Å². The summed E-state index contributed by atoms with van der Waals surface area (Å²) in [6.45, 7) is 12.5. The third kappa shape index (κ3) is 7.75. The average Bonchev–Trinajstić information content (AvgIpc) is 3.12. The molecule has 0 N–H and O–H groups in total. The lowest BCUT2D eigenvalue weighted by Gasteiger charge is -2.18. The SMILES string of the molecule is CC.CCC1(C)OCCO1.CCOC(=O)CN1CCCC1=O. The van der Waals surface area contributed by atoms with Gasteiger partial charge in [0.15, 0.2) is 5.79 Å². The molecule has 0 bridgehead atoms. The highest BCUT2D eigenvalue weighted by atomic mass is 16.7. The van der Waals surface area contributed by atoms with E-state index < -0.39 is 0 Å². The molecule has 2 aliphatic heterocycles. The summed E-state index contributed by atoms with van der Waals surface area (Å²) in [6.07, 6.45) is 2.37. The van der Waals surface area contributed by atoms with E-state index in [1.165, 1.54) is 4.90 Å². The van der Waals surface area contributed by atoms with E-state index in [-0.39, 0.29) is 24.2 Å². The number of nitrogens with zero attached hydrogens (tertiary/aromatic N) is 1. The first-order valence-electron chi connectivity index (χ1n) is 8.22. The second-order valence-corrected chi connectivity index (χ2v) is 4.91. The van der Waals surface area contributed by atoms with Crippen LogP contribution in [-0.4, -0.2) is 55.5 Å². The van der Waals surface area contributed by atoms with Crippen molar-refractivity contribution in [1.29, 1.82) is 0 Å². The minimum atomic E-state index is -0.312. The summed E-state index contributed by atoms with van der Waals surface area (Å²) >= 11 is 0. The average molecular weight is 317 g/mol. The number of amides is 1. The lowest BCUT2D eigenvalue weighted by atomic mass is 10.2. The third-order valence-corrected chi connectivity index (χ3v) is 3.34. The molecule has 0 saturated carbocycles. The van der Waals surface area contributed by atoms with Gasteiger partial charge in [0.25, 0.3) is 0 Å². The van der Waals surface area contributed by atoms with E-state index >= 15 is 0 Å². The Bertz CT molecular complexity index is 326. The van der Waals surface area contributed by atoms with E-state index in [4.69, 9.17) is 14.2 Å². The van der Waals surface area contributed by atoms with Crippen molar-refractivity contribution in [1.82, 2.24) is 4.90 Å². The molecule has 0 aliphatic carbocycles. The molecule has 0 aromatic heterocycles. The summed E-state index contributed by atoms with van der Waals surface area (Å²) in [5, 5.41) is 0. The summed E-state index contributed by atoms with van der Waals surface area (Å²) in [5.74, 6) is -0.518. The number of rotatable bonds is 4. The van der Waals surface area contributed by atoms with E-state index in [9.17, 15) is 9.59 Å². The quantitative estimate of drug-likeness (QED) is 0.745. The number of hydrogen-bond donors (Lipinski definition) is 0. The number of carbonyl (C=O) groups excluding carboxylic acids is 2. The minimum absolute atomic E-state index is 0.0584. The summed E-state index contributed by atoms with van der Waals surface area (Å²) in [7, 11) is 0. The van der Waals surface area contributed by atoms with Crippen LogP contribution in [0.25, 0.3) is 0 Å². The van der Waals surface area contributed by atoms with Gasteiger partial charge in [-0.15, -0.1) is 0 Å². The molecule has 130 valence electrons. The van der Waals surface area contributed by atoms with E-state index in [1.54, 1.807) is 6.92 Å². The van der Waals surface area contributed by atoms with Gasteiger partial charge >= 0.3 is 5.97 Å². The van der Waals surface area contributed by atoms with Crippen molar-refractivity contribution in [2.75, 3.05) is 32.9 Å². The normalized spacial score (nSPS) is 19.0. The molecule has 2 fully saturated rings. The first-order valence-corrected chi connectivity index (χ1v) is 8.22. The van der Waals surface area contributed by atoms with Crippen LogP contribution in [0.2, 0.25) is 0 Å². The molecule has 0 aromatic rings. The molecule has 6 nitrogen and oxygen atoms in total. The number of carbonyl (C=O) groups is 2. The predicted molar refractivity (Wildman–Crippen MR) is 84.4 cm³/mol. The molecule has 0 aromatic carbocycles. The lowest BCUT2D eigenvalue weighted by molar-refractivity contribution is -0.147. The fourth-order valence-corrected chi connectivity index (χ4v) is 1.99. The van der Waals surface area contributed by atoms with Crippen molar-refractivity contribution >= 4 is 11.9 Å². The number of hydrogen-bond acceptors (Lipinski definition) is 5. The minimum Gasteiger partial charge on any atom is -0.465 e. The molecule has 0 spiro atoms. The molecule has 22 heavy (non-hydrogen) atoms. The van der Waals surface area contributed by atoms with Gasteiger partial charge in [0.05, 0.1) is 19.8 Å². The van der Waals surface area contributed by atoms with Gasteiger partial charge in [0.2, 0.25) is 5.91 Å². The zero-order valence-electron chi connectivity index (χ0n) is 14.6. The van der Waals surface area contributed by atoms with E-state index in [1.807, 2.05) is 20.8 Å². The molecule has 2 saturated heterocycles. The van der Waals surface area contributed by atoms with Gasteiger partial charge in [-0.25, -0.2) is 0 Å². The smallest absolute Gasteiger partial charge is 0.325 e. The lowest BCUT2D eigenvalue weighted by Crippen LogP contribution is -2.31.